The van der Waals surface area contributed by atoms with Gasteiger partial charge in [-0.3, -0.25) is 0 Å². The summed E-state index contributed by atoms with van der Waals surface area (Å²) in [5.41, 5.74) is 0. The molecule has 0 saturated carbocycles. The summed E-state index contributed by atoms with van der Waals surface area (Å²) in [6.45, 7) is 1.46. The summed E-state index contributed by atoms with van der Waals surface area (Å²) < 4.78 is 0. The number of rotatable bonds is 0. The van der Waals surface area contributed by atoms with Gasteiger partial charge in [-0.1, -0.05) is 0 Å². The van der Waals surface area contributed by atoms with Crippen molar-refractivity contribution in [2.45, 2.75) is 12.8 Å². The zero-order chi connectivity index (χ0) is 6.69. The van der Waals surface area contributed by atoms with Gasteiger partial charge in [-0.2, -0.15) is 5.06 Å². The lowest BCUT2D eigenvalue weighted by molar-refractivity contribution is -0.108. The van der Waals surface area contributed by atoms with Crippen molar-refractivity contribution in [3.05, 3.63) is 0 Å². The molecule has 0 atom stereocenters. The van der Waals surface area contributed by atoms with Crippen LogP contribution in [0.1, 0.15) is 12.8 Å². The molecule has 0 radical (unpaired) electrons. The molecule has 2 nitrogen and oxygen atoms in total. The SMILES string of the molecule is C#CC1CCN(O)CC1. The Morgan fingerprint density at radius 3 is 2.44 bits per heavy atom. The average molecular weight is 125 g/mol. The molecule has 0 amide bonds. The number of piperidine rings is 1. The Morgan fingerprint density at radius 1 is 1.44 bits per heavy atom. The standard InChI is InChI=1S/C7H11NO/c1-2-7-3-5-8(9)6-4-7/h1,7,9H,3-6H2. The van der Waals surface area contributed by atoms with Crippen LogP contribution in [0.3, 0.4) is 0 Å². The molecule has 1 N–H and O–H groups in total. The van der Waals surface area contributed by atoms with Gasteiger partial charge >= 0.3 is 0 Å². The topological polar surface area (TPSA) is 23.5 Å². The minimum Gasteiger partial charge on any atom is -0.314 e. The second kappa shape index (κ2) is 2.86. The molecule has 0 aromatic heterocycles. The predicted molar refractivity (Wildman–Crippen MR) is 34.9 cm³/mol. The lowest BCUT2D eigenvalue weighted by Crippen LogP contribution is -2.30. The zero-order valence-corrected chi connectivity index (χ0v) is 5.38. The summed E-state index contributed by atoms with van der Waals surface area (Å²) in [5, 5.41) is 10.2. The molecule has 1 saturated heterocycles. The summed E-state index contributed by atoms with van der Waals surface area (Å²) in [4.78, 5) is 0. The Bertz CT molecular complexity index is 119. The molecule has 1 heterocycles. The van der Waals surface area contributed by atoms with Crippen molar-refractivity contribution in [2.24, 2.45) is 5.92 Å². The van der Waals surface area contributed by atoms with Crippen LogP contribution in [0.2, 0.25) is 0 Å². The van der Waals surface area contributed by atoms with Crippen molar-refractivity contribution in [3.63, 3.8) is 0 Å². The van der Waals surface area contributed by atoms with Crippen molar-refractivity contribution < 1.29 is 5.21 Å². The fourth-order valence-corrected chi connectivity index (χ4v) is 1.03. The van der Waals surface area contributed by atoms with Gasteiger partial charge in [0.1, 0.15) is 0 Å². The Balaban J connectivity index is 2.28. The summed E-state index contributed by atoms with van der Waals surface area (Å²) in [7, 11) is 0. The van der Waals surface area contributed by atoms with E-state index in [9.17, 15) is 0 Å². The van der Waals surface area contributed by atoms with E-state index in [0.717, 1.165) is 25.9 Å². The molecule has 2 heteroatoms. The van der Waals surface area contributed by atoms with Gasteiger partial charge in [-0.15, -0.1) is 12.3 Å². The van der Waals surface area contributed by atoms with Gasteiger partial charge in [0.2, 0.25) is 0 Å². The Hall–Kier alpha value is -0.520. The molecule has 1 aliphatic heterocycles. The summed E-state index contributed by atoms with van der Waals surface area (Å²) in [6, 6.07) is 0. The molecule has 9 heavy (non-hydrogen) atoms. The highest BCUT2D eigenvalue weighted by Gasteiger charge is 2.14. The Morgan fingerprint density at radius 2 is 2.00 bits per heavy atom. The molecule has 0 aromatic rings. The second-order valence-electron chi connectivity index (χ2n) is 2.39. The van der Waals surface area contributed by atoms with Crippen molar-refractivity contribution >= 4 is 0 Å². The summed E-state index contributed by atoms with van der Waals surface area (Å²) in [6.07, 6.45) is 7.07. The second-order valence-corrected chi connectivity index (χ2v) is 2.39. The van der Waals surface area contributed by atoms with E-state index in [1.807, 2.05) is 0 Å². The largest absolute Gasteiger partial charge is 0.314 e. The van der Waals surface area contributed by atoms with Gasteiger partial charge in [0, 0.05) is 19.0 Å². The maximum Gasteiger partial charge on any atom is 0.0249 e. The molecule has 1 aliphatic rings. The van der Waals surface area contributed by atoms with Crippen molar-refractivity contribution in [1.29, 1.82) is 0 Å². The van der Waals surface area contributed by atoms with Gasteiger partial charge in [-0.25, -0.2) is 0 Å². The highest BCUT2D eigenvalue weighted by atomic mass is 16.5. The summed E-state index contributed by atoms with van der Waals surface area (Å²) >= 11 is 0. The minimum absolute atomic E-state index is 0.397. The molecule has 0 spiro atoms. The monoisotopic (exact) mass is 125 g/mol. The lowest BCUT2D eigenvalue weighted by Gasteiger charge is -2.23. The van der Waals surface area contributed by atoms with Crippen LogP contribution in [-0.2, 0) is 0 Å². The van der Waals surface area contributed by atoms with E-state index in [1.165, 1.54) is 5.06 Å². The average Bonchev–Trinajstić information content (AvgIpc) is 1.90. The van der Waals surface area contributed by atoms with E-state index in [-0.39, 0.29) is 0 Å². The smallest absolute Gasteiger partial charge is 0.0249 e. The molecule has 50 valence electrons. The van der Waals surface area contributed by atoms with E-state index in [1.54, 1.807) is 0 Å². The van der Waals surface area contributed by atoms with Crippen LogP contribution in [0.25, 0.3) is 0 Å². The van der Waals surface area contributed by atoms with Crippen molar-refractivity contribution in [2.75, 3.05) is 13.1 Å². The molecule has 1 fully saturated rings. The Kier molecular flexibility index (Phi) is 2.10. The highest BCUT2D eigenvalue weighted by molar-refractivity contribution is 4.94. The molecule has 1 rings (SSSR count). The van der Waals surface area contributed by atoms with Crippen molar-refractivity contribution in [1.82, 2.24) is 5.06 Å². The van der Waals surface area contributed by atoms with Crippen LogP contribution in [-0.4, -0.2) is 23.4 Å². The molecule has 0 unspecified atom stereocenters. The molecule has 0 aliphatic carbocycles. The molecule has 0 bridgehead atoms. The van der Waals surface area contributed by atoms with Gasteiger partial charge in [0.15, 0.2) is 0 Å². The quantitative estimate of drug-likeness (QED) is 0.482. The fraction of sp³-hybridized carbons (Fsp3) is 0.714. The number of hydroxylamine groups is 2. The van der Waals surface area contributed by atoms with Crippen molar-refractivity contribution in [3.8, 4) is 12.3 Å². The third kappa shape index (κ3) is 1.70. The molecular weight excluding hydrogens is 114 g/mol. The zero-order valence-electron chi connectivity index (χ0n) is 5.38. The van der Waals surface area contributed by atoms with Gasteiger partial charge in [-0.05, 0) is 12.8 Å². The van der Waals surface area contributed by atoms with Gasteiger partial charge in [0.05, 0.1) is 0 Å². The van der Waals surface area contributed by atoms with E-state index < -0.39 is 0 Å². The third-order valence-electron chi connectivity index (χ3n) is 1.71. The minimum atomic E-state index is 0.397. The lowest BCUT2D eigenvalue weighted by atomic mass is 9.99. The van der Waals surface area contributed by atoms with Gasteiger partial charge in [0.25, 0.3) is 0 Å². The van der Waals surface area contributed by atoms with E-state index in [0.29, 0.717) is 5.92 Å². The number of hydrogen-bond acceptors (Lipinski definition) is 2. The Labute approximate surface area is 55.4 Å². The first-order valence-electron chi connectivity index (χ1n) is 3.23. The van der Waals surface area contributed by atoms with Crippen LogP contribution in [0.15, 0.2) is 0 Å². The first kappa shape index (κ1) is 6.60. The number of nitrogens with zero attached hydrogens (tertiary/aromatic N) is 1. The van der Waals surface area contributed by atoms with E-state index in [4.69, 9.17) is 11.6 Å². The third-order valence-corrected chi connectivity index (χ3v) is 1.71. The number of hydrogen-bond donors (Lipinski definition) is 1. The first-order valence-corrected chi connectivity index (χ1v) is 3.23. The van der Waals surface area contributed by atoms with Crippen LogP contribution in [0, 0.1) is 18.3 Å². The summed E-state index contributed by atoms with van der Waals surface area (Å²) in [5.74, 6) is 3.08. The number of terminal acetylenes is 1. The highest BCUT2D eigenvalue weighted by Crippen LogP contribution is 2.13. The fourth-order valence-electron chi connectivity index (χ4n) is 1.03. The van der Waals surface area contributed by atoms with E-state index >= 15 is 0 Å². The normalized spacial score (nSPS) is 23.6. The maximum absolute atomic E-state index is 8.89. The van der Waals surface area contributed by atoms with Gasteiger partial charge < -0.3 is 5.21 Å². The molecule has 0 aromatic carbocycles. The van der Waals surface area contributed by atoms with Crippen LogP contribution in [0.5, 0.6) is 0 Å². The predicted octanol–water partition coefficient (Wildman–Crippen LogP) is 0.721. The first-order chi connectivity index (χ1) is 4.33. The van der Waals surface area contributed by atoms with Crippen LogP contribution >= 0.6 is 0 Å². The van der Waals surface area contributed by atoms with E-state index in [2.05, 4.69) is 5.92 Å². The maximum atomic E-state index is 8.89. The van der Waals surface area contributed by atoms with Crippen LogP contribution in [0.4, 0.5) is 0 Å². The van der Waals surface area contributed by atoms with Crippen LogP contribution < -0.4 is 0 Å². The molecular formula is C7H11NO.